The molecule has 51 heavy (non-hydrogen) atoms. The zero-order valence-electron chi connectivity index (χ0n) is 28.7. The van der Waals surface area contributed by atoms with Crippen molar-refractivity contribution >= 4 is 54.6 Å². The monoisotopic (exact) mass is 657 g/mol. The van der Waals surface area contributed by atoms with Crippen LogP contribution < -0.4 is 0 Å². The molecule has 0 spiro atoms. The van der Waals surface area contributed by atoms with Crippen molar-refractivity contribution in [3.05, 3.63) is 157 Å². The van der Waals surface area contributed by atoms with E-state index in [0.29, 0.717) is 5.92 Å². The van der Waals surface area contributed by atoms with E-state index >= 15 is 0 Å². The van der Waals surface area contributed by atoms with Gasteiger partial charge in [0.25, 0.3) is 0 Å². The van der Waals surface area contributed by atoms with Gasteiger partial charge in [-0.3, -0.25) is 9.13 Å². The lowest BCUT2D eigenvalue weighted by atomic mass is 10.0. The molecule has 1 N–H and O–H groups in total. The molecule has 0 unspecified atom stereocenters. The number of aromatic nitrogens is 5. The Bertz CT molecular complexity index is 2960. The summed E-state index contributed by atoms with van der Waals surface area (Å²) in [5, 5.41) is 4.85. The Kier molecular flexibility index (Phi) is 6.52. The van der Waals surface area contributed by atoms with Crippen LogP contribution in [0.4, 0.5) is 0 Å². The quantitative estimate of drug-likeness (QED) is 0.200. The molecular weight excluding hydrogens is 623 g/mol. The molecule has 0 atom stereocenters. The van der Waals surface area contributed by atoms with Crippen molar-refractivity contribution in [2.75, 3.05) is 0 Å². The standard InChI is InChI=1S/C46H35N5/c1-28(2)30-23-24-47-43(27-30)51-40-22-19-29(3)25-38(40)35-21-20-31(26-42(35)51)33-14-10-18-41-45(33)49-46(50(41)32-11-5-4-6-12-32)37-16-9-15-36-34-13-7-8-17-39(34)48-44(36)37/h4-28,48H,1-3H3. The SMILES string of the molecule is Cc1ccc2c(c1)c1ccc(-c3cccc4c3nc(-c3cccc5c3[nH]c3ccccc35)n4-c3ccccc3)cc1n2-c1cc(C(C)C)ccn1. The third-order valence-corrected chi connectivity index (χ3v) is 10.4. The highest BCUT2D eigenvalue weighted by Gasteiger charge is 2.21. The number of benzene rings is 6. The molecule has 4 aromatic heterocycles. The van der Waals surface area contributed by atoms with Crippen LogP contribution in [0.15, 0.2) is 146 Å². The highest BCUT2D eigenvalue weighted by atomic mass is 15.1. The van der Waals surface area contributed by atoms with Gasteiger partial charge in [0.05, 0.1) is 27.6 Å². The van der Waals surface area contributed by atoms with Crippen LogP contribution in [-0.4, -0.2) is 24.1 Å². The molecule has 0 saturated heterocycles. The fourth-order valence-electron chi connectivity index (χ4n) is 7.88. The van der Waals surface area contributed by atoms with Crippen LogP contribution in [-0.2, 0) is 0 Å². The van der Waals surface area contributed by atoms with Crippen LogP contribution in [0.25, 0.3) is 88.7 Å². The number of hydrogen-bond donors (Lipinski definition) is 1. The molecule has 0 bridgehead atoms. The Balaban J connectivity index is 1.25. The molecule has 0 aliphatic rings. The summed E-state index contributed by atoms with van der Waals surface area (Å²) in [6.07, 6.45) is 1.94. The zero-order valence-corrected chi connectivity index (χ0v) is 28.7. The highest BCUT2D eigenvalue weighted by molar-refractivity contribution is 6.13. The van der Waals surface area contributed by atoms with E-state index in [0.717, 1.165) is 67.1 Å². The largest absolute Gasteiger partial charge is 0.354 e. The lowest BCUT2D eigenvalue weighted by Crippen LogP contribution is -1.99. The van der Waals surface area contributed by atoms with E-state index < -0.39 is 0 Å². The second kappa shape index (κ2) is 11.3. The van der Waals surface area contributed by atoms with Crippen LogP contribution in [0.2, 0.25) is 0 Å². The Morgan fingerprint density at radius 1 is 0.588 bits per heavy atom. The van der Waals surface area contributed by atoms with Gasteiger partial charge in [0.1, 0.15) is 11.6 Å². The molecule has 0 fully saturated rings. The topological polar surface area (TPSA) is 51.4 Å². The third-order valence-electron chi connectivity index (χ3n) is 10.4. The molecule has 10 rings (SSSR count). The van der Waals surface area contributed by atoms with Gasteiger partial charge in [0.2, 0.25) is 0 Å². The average molecular weight is 658 g/mol. The van der Waals surface area contributed by atoms with Gasteiger partial charge in [-0.1, -0.05) is 98.3 Å². The lowest BCUT2D eigenvalue weighted by molar-refractivity contribution is 0.858. The van der Waals surface area contributed by atoms with Gasteiger partial charge in [-0.15, -0.1) is 0 Å². The number of rotatable bonds is 5. The summed E-state index contributed by atoms with van der Waals surface area (Å²) in [5.41, 5.74) is 13.4. The van der Waals surface area contributed by atoms with Gasteiger partial charge in [-0.25, -0.2) is 9.97 Å². The highest BCUT2D eigenvalue weighted by Crippen LogP contribution is 2.40. The van der Waals surface area contributed by atoms with Crippen molar-refractivity contribution in [2.24, 2.45) is 0 Å². The number of pyridine rings is 1. The minimum absolute atomic E-state index is 0.402. The van der Waals surface area contributed by atoms with Crippen molar-refractivity contribution < 1.29 is 0 Å². The van der Waals surface area contributed by atoms with Crippen molar-refractivity contribution in [1.82, 2.24) is 24.1 Å². The van der Waals surface area contributed by atoms with Gasteiger partial charge in [-0.05, 0) is 84.6 Å². The van der Waals surface area contributed by atoms with E-state index in [-0.39, 0.29) is 0 Å². The van der Waals surface area contributed by atoms with E-state index in [1.165, 1.54) is 32.7 Å². The predicted molar refractivity (Wildman–Crippen MR) is 212 cm³/mol. The lowest BCUT2D eigenvalue weighted by Gasteiger charge is -2.12. The molecule has 4 heterocycles. The number of H-pyrrole nitrogens is 1. The van der Waals surface area contributed by atoms with Crippen LogP contribution in [0, 0.1) is 6.92 Å². The van der Waals surface area contributed by atoms with Gasteiger partial charge >= 0.3 is 0 Å². The zero-order chi connectivity index (χ0) is 34.2. The fraction of sp³-hybridized carbons (Fsp3) is 0.0870. The van der Waals surface area contributed by atoms with Crippen LogP contribution in [0.5, 0.6) is 0 Å². The molecule has 5 nitrogen and oxygen atoms in total. The first-order valence-electron chi connectivity index (χ1n) is 17.6. The molecule has 5 heteroatoms. The van der Waals surface area contributed by atoms with Gasteiger partial charge in [0.15, 0.2) is 0 Å². The molecule has 0 aliphatic carbocycles. The molecular formula is C46H35N5. The summed E-state index contributed by atoms with van der Waals surface area (Å²) in [5.74, 6) is 2.24. The Hall–Kier alpha value is -6.46. The summed E-state index contributed by atoms with van der Waals surface area (Å²) < 4.78 is 4.63. The minimum atomic E-state index is 0.402. The van der Waals surface area contributed by atoms with Crippen molar-refractivity contribution in [2.45, 2.75) is 26.7 Å². The molecule has 0 radical (unpaired) electrons. The van der Waals surface area contributed by atoms with E-state index in [1.807, 2.05) is 6.20 Å². The maximum Gasteiger partial charge on any atom is 0.147 e. The fourth-order valence-corrected chi connectivity index (χ4v) is 7.88. The number of nitrogens with zero attached hydrogens (tertiary/aromatic N) is 4. The van der Waals surface area contributed by atoms with Crippen LogP contribution in [0.3, 0.4) is 0 Å². The average Bonchev–Trinajstić information content (AvgIpc) is 3.84. The molecule has 0 aliphatic heterocycles. The van der Waals surface area contributed by atoms with Crippen molar-refractivity contribution in [1.29, 1.82) is 0 Å². The summed E-state index contributed by atoms with van der Waals surface area (Å²) >= 11 is 0. The van der Waals surface area contributed by atoms with E-state index in [9.17, 15) is 0 Å². The number of hydrogen-bond acceptors (Lipinski definition) is 2. The Morgan fingerprint density at radius 2 is 1.39 bits per heavy atom. The van der Waals surface area contributed by atoms with Gasteiger partial charge in [-0.2, -0.15) is 0 Å². The number of fused-ring (bicyclic) bond motifs is 7. The normalized spacial score (nSPS) is 12.0. The minimum Gasteiger partial charge on any atom is -0.354 e. The Labute approximate surface area is 295 Å². The number of imidazole rings is 1. The summed E-state index contributed by atoms with van der Waals surface area (Å²) in [6.45, 7) is 6.62. The van der Waals surface area contributed by atoms with E-state index in [2.05, 4.69) is 174 Å². The van der Waals surface area contributed by atoms with Crippen LogP contribution in [0.1, 0.15) is 30.9 Å². The second-order valence-corrected chi connectivity index (χ2v) is 13.9. The number of aromatic amines is 1. The summed E-state index contributed by atoms with van der Waals surface area (Å²) in [4.78, 5) is 14.2. The van der Waals surface area contributed by atoms with Crippen molar-refractivity contribution in [3.8, 4) is 34.0 Å². The molecule has 6 aromatic carbocycles. The van der Waals surface area contributed by atoms with Crippen molar-refractivity contribution in [3.63, 3.8) is 0 Å². The first-order valence-corrected chi connectivity index (χ1v) is 17.6. The number of nitrogens with one attached hydrogen (secondary N) is 1. The third kappa shape index (κ3) is 4.55. The van der Waals surface area contributed by atoms with Crippen LogP contribution >= 0.6 is 0 Å². The Morgan fingerprint density at radius 3 is 2.27 bits per heavy atom. The maximum absolute atomic E-state index is 5.53. The molecule has 10 aromatic rings. The number of para-hydroxylation sites is 4. The first-order chi connectivity index (χ1) is 25.0. The van der Waals surface area contributed by atoms with Gasteiger partial charge in [0, 0.05) is 50.1 Å². The second-order valence-electron chi connectivity index (χ2n) is 13.9. The first kappa shape index (κ1) is 29.5. The van der Waals surface area contributed by atoms with Gasteiger partial charge < -0.3 is 4.98 Å². The molecule has 0 saturated carbocycles. The smallest absolute Gasteiger partial charge is 0.147 e. The molecule has 0 amide bonds. The summed E-state index contributed by atoms with van der Waals surface area (Å²) in [6, 6.07) is 50.0. The number of aryl methyl sites for hydroxylation is 1. The molecule has 244 valence electrons. The maximum atomic E-state index is 5.53. The van der Waals surface area contributed by atoms with E-state index in [4.69, 9.17) is 9.97 Å². The van der Waals surface area contributed by atoms with E-state index in [1.54, 1.807) is 0 Å². The predicted octanol–water partition coefficient (Wildman–Crippen LogP) is 11.9. The summed E-state index contributed by atoms with van der Waals surface area (Å²) in [7, 11) is 0.